The Morgan fingerprint density at radius 2 is 2.06 bits per heavy atom. The Bertz CT molecular complexity index is 414. The Kier molecular flexibility index (Phi) is 4.81. The minimum atomic E-state index is 0.239. The number of hydrogen-bond donors (Lipinski definition) is 1. The molecule has 1 aromatic carbocycles. The number of aliphatic hydroxyl groups excluding tert-OH is 1. The van der Waals surface area contributed by atoms with Crippen LogP contribution in [0.15, 0.2) is 30.3 Å². The molecular weight excluding hydrogens is 222 g/mol. The quantitative estimate of drug-likeness (QED) is 0.775. The van der Waals surface area contributed by atoms with Gasteiger partial charge in [0, 0.05) is 12.6 Å². The van der Waals surface area contributed by atoms with Gasteiger partial charge in [0.2, 0.25) is 0 Å². The van der Waals surface area contributed by atoms with Crippen molar-refractivity contribution in [2.24, 2.45) is 5.92 Å². The molecule has 2 rings (SSSR count). The highest BCUT2D eigenvalue weighted by molar-refractivity contribution is 5.15. The highest BCUT2D eigenvalue weighted by atomic mass is 16.3. The van der Waals surface area contributed by atoms with Crippen LogP contribution >= 0.6 is 0 Å². The van der Waals surface area contributed by atoms with Gasteiger partial charge in [-0.3, -0.25) is 4.90 Å². The molecule has 1 saturated carbocycles. The van der Waals surface area contributed by atoms with Crippen molar-refractivity contribution in [1.82, 2.24) is 4.90 Å². The van der Waals surface area contributed by atoms with E-state index in [1.807, 2.05) is 13.0 Å². The Hall–Kier alpha value is -1.30. The van der Waals surface area contributed by atoms with Crippen LogP contribution in [0.5, 0.6) is 0 Å². The van der Waals surface area contributed by atoms with Gasteiger partial charge >= 0.3 is 0 Å². The van der Waals surface area contributed by atoms with E-state index in [4.69, 9.17) is 0 Å². The van der Waals surface area contributed by atoms with Gasteiger partial charge in [-0.2, -0.15) is 0 Å². The third-order valence-corrected chi connectivity index (χ3v) is 3.51. The standard InChI is InChI=1S/C16H21NO/c1-2-3-11-17(16(13-18)15-9-10-15)12-14-7-5-4-6-8-14/h4-8,15-16,18H,9-13H2,1H3. The normalized spacial score (nSPS) is 16.2. The van der Waals surface area contributed by atoms with Crippen molar-refractivity contribution in [3.63, 3.8) is 0 Å². The largest absolute Gasteiger partial charge is 0.395 e. The Balaban J connectivity index is 2.05. The van der Waals surface area contributed by atoms with E-state index in [0.717, 1.165) is 13.1 Å². The van der Waals surface area contributed by atoms with Gasteiger partial charge in [0.1, 0.15) is 0 Å². The van der Waals surface area contributed by atoms with Crippen molar-refractivity contribution < 1.29 is 5.11 Å². The second-order valence-electron chi connectivity index (χ2n) is 4.90. The molecule has 1 aliphatic rings. The molecule has 1 fully saturated rings. The molecule has 0 heterocycles. The Morgan fingerprint density at radius 1 is 1.33 bits per heavy atom. The first-order valence-electron chi connectivity index (χ1n) is 6.63. The smallest absolute Gasteiger partial charge is 0.0608 e. The number of nitrogens with zero attached hydrogens (tertiary/aromatic N) is 1. The van der Waals surface area contributed by atoms with Crippen LogP contribution in [0.2, 0.25) is 0 Å². The van der Waals surface area contributed by atoms with Crippen LogP contribution in [0, 0.1) is 17.8 Å². The lowest BCUT2D eigenvalue weighted by Crippen LogP contribution is -2.39. The summed E-state index contributed by atoms with van der Waals surface area (Å²) >= 11 is 0. The fourth-order valence-corrected chi connectivity index (χ4v) is 2.33. The first-order valence-corrected chi connectivity index (χ1v) is 6.63. The average molecular weight is 243 g/mol. The van der Waals surface area contributed by atoms with Gasteiger partial charge < -0.3 is 5.11 Å². The van der Waals surface area contributed by atoms with E-state index in [-0.39, 0.29) is 12.6 Å². The van der Waals surface area contributed by atoms with Crippen LogP contribution in [-0.4, -0.2) is 29.2 Å². The van der Waals surface area contributed by atoms with Crippen molar-refractivity contribution in [3.8, 4) is 11.8 Å². The first kappa shape index (κ1) is 13.1. The third-order valence-electron chi connectivity index (χ3n) is 3.51. The second kappa shape index (κ2) is 6.58. The second-order valence-corrected chi connectivity index (χ2v) is 4.90. The maximum Gasteiger partial charge on any atom is 0.0608 e. The monoisotopic (exact) mass is 243 g/mol. The molecule has 0 amide bonds. The fourth-order valence-electron chi connectivity index (χ4n) is 2.33. The van der Waals surface area contributed by atoms with E-state index in [1.165, 1.54) is 18.4 Å². The molecule has 1 unspecified atom stereocenters. The molecule has 0 spiro atoms. The fraction of sp³-hybridized carbons (Fsp3) is 0.500. The van der Waals surface area contributed by atoms with Crippen LogP contribution in [0.4, 0.5) is 0 Å². The van der Waals surface area contributed by atoms with E-state index in [9.17, 15) is 5.11 Å². The molecule has 0 saturated heterocycles. The van der Waals surface area contributed by atoms with Crippen LogP contribution in [0.25, 0.3) is 0 Å². The van der Waals surface area contributed by atoms with Gasteiger partial charge in [-0.05, 0) is 31.2 Å². The molecule has 1 aromatic rings. The summed E-state index contributed by atoms with van der Waals surface area (Å²) in [5, 5.41) is 9.59. The minimum Gasteiger partial charge on any atom is -0.395 e. The van der Waals surface area contributed by atoms with E-state index in [2.05, 4.69) is 41.0 Å². The summed E-state index contributed by atoms with van der Waals surface area (Å²) in [5.41, 5.74) is 1.29. The zero-order valence-electron chi connectivity index (χ0n) is 11.0. The molecule has 96 valence electrons. The van der Waals surface area contributed by atoms with E-state index in [0.29, 0.717) is 5.92 Å². The highest BCUT2D eigenvalue weighted by Gasteiger charge is 2.34. The number of hydrogen-bond acceptors (Lipinski definition) is 2. The summed E-state index contributed by atoms with van der Waals surface area (Å²) in [6, 6.07) is 10.7. The minimum absolute atomic E-state index is 0.239. The van der Waals surface area contributed by atoms with E-state index in [1.54, 1.807) is 0 Å². The van der Waals surface area contributed by atoms with Gasteiger partial charge in [-0.15, -0.1) is 5.92 Å². The van der Waals surface area contributed by atoms with Gasteiger partial charge in [-0.25, -0.2) is 0 Å². The summed E-state index contributed by atoms with van der Waals surface area (Å²) in [7, 11) is 0. The SMILES string of the molecule is CC#CCN(Cc1ccccc1)C(CO)C1CC1. The molecule has 1 aliphatic carbocycles. The molecule has 0 aliphatic heterocycles. The van der Waals surface area contributed by atoms with Crippen LogP contribution in [-0.2, 0) is 6.54 Å². The van der Waals surface area contributed by atoms with Crippen LogP contribution < -0.4 is 0 Å². The number of aliphatic hydroxyl groups is 1. The van der Waals surface area contributed by atoms with Crippen molar-refractivity contribution >= 4 is 0 Å². The predicted molar refractivity (Wildman–Crippen MR) is 73.9 cm³/mol. The van der Waals surface area contributed by atoms with E-state index < -0.39 is 0 Å². The lowest BCUT2D eigenvalue weighted by atomic mass is 10.1. The predicted octanol–water partition coefficient (Wildman–Crippen LogP) is 2.28. The molecule has 0 radical (unpaired) electrons. The van der Waals surface area contributed by atoms with Crippen LogP contribution in [0.3, 0.4) is 0 Å². The van der Waals surface area contributed by atoms with E-state index >= 15 is 0 Å². The Morgan fingerprint density at radius 3 is 2.61 bits per heavy atom. The number of benzene rings is 1. The molecule has 0 aromatic heterocycles. The van der Waals surface area contributed by atoms with Crippen molar-refractivity contribution in [2.45, 2.75) is 32.4 Å². The summed E-state index contributed by atoms with van der Waals surface area (Å²) in [6.45, 7) is 3.72. The van der Waals surface area contributed by atoms with Gasteiger partial charge in [0.05, 0.1) is 13.2 Å². The summed E-state index contributed by atoms with van der Waals surface area (Å²) in [5.74, 6) is 6.74. The number of rotatable bonds is 6. The molecule has 18 heavy (non-hydrogen) atoms. The van der Waals surface area contributed by atoms with Crippen LogP contribution in [0.1, 0.15) is 25.3 Å². The van der Waals surface area contributed by atoms with Crippen molar-refractivity contribution in [1.29, 1.82) is 0 Å². The zero-order chi connectivity index (χ0) is 12.8. The zero-order valence-corrected chi connectivity index (χ0v) is 11.0. The van der Waals surface area contributed by atoms with Crippen molar-refractivity contribution in [3.05, 3.63) is 35.9 Å². The van der Waals surface area contributed by atoms with Gasteiger partial charge in [0.15, 0.2) is 0 Å². The maximum absolute atomic E-state index is 9.59. The molecular formula is C16H21NO. The van der Waals surface area contributed by atoms with Gasteiger partial charge in [-0.1, -0.05) is 36.3 Å². The molecule has 1 atom stereocenters. The first-order chi connectivity index (χ1) is 8.85. The average Bonchev–Trinajstić information content (AvgIpc) is 3.22. The molecule has 1 N–H and O–H groups in total. The summed E-state index contributed by atoms with van der Waals surface area (Å²) in [6.07, 6.45) is 2.49. The third kappa shape index (κ3) is 3.60. The molecule has 0 bridgehead atoms. The lowest BCUT2D eigenvalue weighted by Gasteiger charge is -2.29. The molecule has 2 heteroatoms. The summed E-state index contributed by atoms with van der Waals surface area (Å²) < 4.78 is 0. The summed E-state index contributed by atoms with van der Waals surface area (Å²) in [4.78, 5) is 2.31. The lowest BCUT2D eigenvalue weighted by molar-refractivity contribution is 0.114. The van der Waals surface area contributed by atoms with Crippen molar-refractivity contribution in [2.75, 3.05) is 13.2 Å². The highest BCUT2D eigenvalue weighted by Crippen LogP contribution is 2.35. The van der Waals surface area contributed by atoms with Gasteiger partial charge in [0.25, 0.3) is 0 Å². The maximum atomic E-state index is 9.59. The topological polar surface area (TPSA) is 23.5 Å². The molecule has 2 nitrogen and oxygen atoms in total. The Labute approximate surface area is 110 Å².